The standard InChI is InChI=1S/C24H24ClFN4O3S2/c1-2-32-24-22(30-21(31)12-18-8-9-34-35-18)23(27-14-28-24)29-17-6-7-20(19(25)11-17)33-13-15-4-3-5-16(26)10-15/h3-7,10-11,14,18H,2,8-9,12-13H2,1H3,(H,30,31)(H,27,28,29). The SMILES string of the molecule is CCOc1ncnc(Nc2ccc(OCc3cccc(F)c3)c(Cl)c2)c1NC(=O)CC1CCSS1. The Bertz CT molecular complexity index is 1180. The molecule has 1 saturated heterocycles. The molecule has 1 atom stereocenters. The first-order chi connectivity index (χ1) is 17.0. The van der Waals surface area contributed by atoms with E-state index >= 15 is 0 Å². The molecule has 1 fully saturated rings. The van der Waals surface area contributed by atoms with Crippen molar-refractivity contribution in [2.45, 2.75) is 31.6 Å². The number of nitrogens with one attached hydrogen (secondary N) is 2. The largest absolute Gasteiger partial charge is 0.487 e. The first kappa shape index (κ1) is 25.4. The zero-order valence-electron chi connectivity index (χ0n) is 18.9. The summed E-state index contributed by atoms with van der Waals surface area (Å²) in [5.41, 5.74) is 1.70. The molecule has 1 unspecified atom stereocenters. The lowest BCUT2D eigenvalue weighted by Gasteiger charge is -2.16. The highest BCUT2D eigenvalue weighted by molar-refractivity contribution is 8.77. The first-order valence-corrected chi connectivity index (χ1v) is 13.8. The third-order valence-corrected chi connectivity index (χ3v) is 8.21. The molecule has 1 aromatic heterocycles. The van der Waals surface area contributed by atoms with Gasteiger partial charge in [0.2, 0.25) is 11.8 Å². The van der Waals surface area contributed by atoms with Gasteiger partial charge in [0, 0.05) is 23.1 Å². The van der Waals surface area contributed by atoms with Gasteiger partial charge in [-0.25, -0.2) is 9.37 Å². The van der Waals surface area contributed by atoms with Gasteiger partial charge in [-0.2, -0.15) is 4.98 Å². The number of anilines is 3. The number of halogens is 2. The Hall–Kier alpha value is -2.69. The Labute approximate surface area is 216 Å². The van der Waals surface area contributed by atoms with Crippen molar-refractivity contribution < 1.29 is 18.7 Å². The van der Waals surface area contributed by atoms with Gasteiger partial charge in [-0.15, -0.1) is 0 Å². The number of hydrogen-bond donors (Lipinski definition) is 2. The van der Waals surface area contributed by atoms with Crippen LogP contribution in [0.2, 0.25) is 5.02 Å². The zero-order valence-corrected chi connectivity index (χ0v) is 21.3. The number of ether oxygens (including phenoxy) is 2. The third-order valence-electron chi connectivity index (χ3n) is 4.98. The number of hydrogen-bond acceptors (Lipinski definition) is 8. The van der Waals surface area contributed by atoms with Crippen LogP contribution in [0.5, 0.6) is 11.6 Å². The Morgan fingerprint density at radius 2 is 2.11 bits per heavy atom. The molecule has 2 heterocycles. The molecule has 4 rings (SSSR count). The molecule has 0 bridgehead atoms. The van der Waals surface area contributed by atoms with Crippen LogP contribution in [-0.2, 0) is 11.4 Å². The molecule has 7 nitrogen and oxygen atoms in total. The summed E-state index contributed by atoms with van der Waals surface area (Å²) in [6, 6.07) is 11.4. The molecule has 1 aliphatic heterocycles. The van der Waals surface area contributed by atoms with Crippen LogP contribution in [-0.4, -0.2) is 33.5 Å². The van der Waals surface area contributed by atoms with Crippen LogP contribution in [0.15, 0.2) is 48.8 Å². The van der Waals surface area contributed by atoms with Crippen LogP contribution in [0, 0.1) is 5.82 Å². The summed E-state index contributed by atoms with van der Waals surface area (Å²) in [6.07, 6.45) is 2.77. The molecule has 1 aliphatic rings. The van der Waals surface area contributed by atoms with Gasteiger partial charge in [0.05, 0.1) is 11.6 Å². The summed E-state index contributed by atoms with van der Waals surface area (Å²) in [5, 5.41) is 6.75. The monoisotopic (exact) mass is 534 g/mol. The van der Waals surface area contributed by atoms with Crippen LogP contribution >= 0.6 is 33.2 Å². The lowest BCUT2D eigenvalue weighted by molar-refractivity contribution is -0.116. The van der Waals surface area contributed by atoms with Crippen molar-refractivity contribution in [2.24, 2.45) is 0 Å². The maximum absolute atomic E-state index is 13.4. The number of nitrogens with zero attached hydrogens (tertiary/aromatic N) is 2. The second kappa shape index (κ2) is 12.3. The van der Waals surface area contributed by atoms with Gasteiger partial charge < -0.3 is 20.1 Å². The predicted molar refractivity (Wildman–Crippen MR) is 140 cm³/mol. The predicted octanol–water partition coefficient (Wildman–Crippen LogP) is 6.47. The molecule has 184 valence electrons. The Morgan fingerprint density at radius 3 is 2.86 bits per heavy atom. The van der Waals surface area contributed by atoms with Crippen molar-refractivity contribution >= 4 is 56.3 Å². The normalized spacial score (nSPS) is 15.0. The number of carbonyl (C=O) groups excluding carboxylic acids is 1. The van der Waals surface area contributed by atoms with E-state index in [1.54, 1.807) is 51.9 Å². The molecule has 0 spiro atoms. The van der Waals surface area contributed by atoms with E-state index in [2.05, 4.69) is 20.6 Å². The molecule has 2 N–H and O–H groups in total. The Balaban J connectivity index is 1.47. The molecule has 3 aromatic rings. The van der Waals surface area contributed by atoms with Crippen molar-refractivity contribution in [3.05, 3.63) is 65.2 Å². The molecule has 1 amide bonds. The van der Waals surface area contributed by atoms with Crippen molar-refractivity contribution in [2.75, 3.05) is 23.0 Å². The van der Waals surface area contributed by atoms with Crippen LogP contribution in [0.4, 0.5) is 21.6 Å². The summed E-state index contributed by atoms with van der Waals surface area (Å²) in [4.78, 5) is 21.2. The summed E-state index contributed by atoms with van der Waals surface area (Å²) >= 11 is 6.42. The second-order valence-electron chi connectivity index (χ2n) is 7.61. The fourth-order valence-corrected chi connectivity index (χ4v) is 6.48. The lowest BCUT2D eigenvalue weighted by atomic mass is 10.2. The van der Waals surface area contributed by atoms with E-state index in [0.717, 1.165) is 12.2 Å². The number of benzene rings is 2. The molecule has 35 heavy (non-hydrogen) atoms. The minimum Gasteiger partial charge on any atom is -0.487 e. The van der Waals surface area contributed by atoms with Crippen molar-refractivity contribution in [1.29, 1.82) is 0 Å². The molecule has 11 heteroatoms. The molecular formula is C24H24ClFN4O3S2. The second-order valence-corrected chi connectivity index (χ2v) is 10.8. The highest BCUT2D eigenvalue weighted by atomic mass is 35.5. The van der Waals surface area contributed by atoms with E-state index in [-0.39, 0.29) is 29.5 Å². The minimum absolute atomic E-state index is 0.122. The highest BCUT2D eigenvalue weighted by Gasteiger charge is 2.22. The van der Waals surface area contributed by atoms with E-state index in [1.807, 2.05) is 6.92 Å². The van der Waals surface area contributed by atoms with Crippen molar-refractivity contribution in [3.8, 4) is 11.6 Å². The van der Waals surface area contributed by atoms with Gasteiger partial charge in [0.15, 0.2) is 5.82 Å². The average Bonchev–Trinajstić information content (AvgIpc) is 3.34. The number of carbonyl (C=O) groups is 1. The van der Waals surface area contributed by atoms with Crippen molar-refractivity contribution in [1.82, 2.24) is 9.97 Å². The van der Waals surface area contributed by atoms with Crippen LogP contribution in [0.1, 0.15) is 25.3 Å². The van der Waals surface area contributed by atoms with Gasteiger partial charge in [-0.1, -0.05) is 45.3 Å². The lowest BCUT2D eigenvalue weighted by Crippen LogP contribution is -2.19. The van der Waals surface area contributed by atoms with Gasteiger partial charge in [-0.05, 0) is 49.2 Å². The van der Waals surface area contributed by atoms with Crippen molar-refractivity contribution in [3.63, 3.8) is 0 Å². The van der Waals surface area contributed by atoms with Crippen LogP contribution < -0.4 is 20.1 Å². The van der Waals surface area contributed by atoms with Gasteiger partial charge >= 0.3 is 0 Å². The fraction of sp³-hybridized carbons (Fsp3) is 0.292. The van der Waals surface area contributed by atoms with Gasteiger partial charge in [0.1, 0.15) is 30.2 Å². The van der Waals surface area contributed by atoms with Gasteiger partial charge in [0.25, 0.3) is 0 Å². The number of rotatable bonds is 10. The minimum atomic E-state index is -0.322. The Kier molecular flexibility index (Phi) is 8.95. The van der Waals surface area contributed by atoms with E-state index in [0.29, 0.717) is 46.6 Å². The summed E-state index contributed by atoms with van der Waals surface area (Å²) in [6.45, 7) is 2.41. The topological polar surface area (TPSA) is 85.4 Å². The fourth-order valence-electron chi connectivity index (χ4n) is 3.35. The summed E-state index contributed by atoms with van der Waals surface area (Å²) in [5.74, 6) is 1.73. The molecule has 0 aliphatic carbocycles. The van der Waals surface area contributed by atoms with Gasteiger partial charge in [-0.3, -0.25) is 4.79 Å². The highest BCUT2D eigenvalue weighted by Crippen LogP contribution is 2.40. The van der Waals surface area contributed by atoms with E-state index in [9.17, 15) is 9.18 Å². The average molecular weight is 535 g/mol. The first-order valence-electron chi connectivity index (χ1n) is 11.0. The molecule has 0 radical (unpaired) electrons. The van der Waals surface area contributed by atoms with Crippen LogP contribution in [0.3, 0.4) is 0 Å². The molecule has 2 aromatic carbocycles. The zero-order chi connectivity index (χ0) is 24.6. The van der Waals surface area contributed by atoms with E-state index in [1.165, 1.54) is 18.5 Å². The maximum Gasteiger partial charge on any atom is 0.243 e. The summed E-state index contributed by atoms with van der Waals surface area (Å²) < 4.78 is 24.7. The summed E-state index contributed by atoms with van der Waals surface area (Å²) in [7, 11) is 3.53. The number of amides is 1. The van der Waals surface area contributed by atoms with E-state index < -0.39 is 0 Å². The quantitative estimate of drug-likeness (QED) is 0.286. The molecular weight excluding hydrogens is 511 g/mol. The Morgan fingerprint density at radius 1 is 1.23 bits per heavy atom. The third kappa shape index (κ3) is 7.16. The number of aromatic nitrogens is 2. The smallest absolute Gasteiger partial charge is 0.243 e. The van der Waals surface area contributed by atoms with Crippen LogP contribution in [0.25, 0.3) is 0 Å². The maximum atomic E-state index is 13.4. The molecule has 0 saturated carbocycles. The van der Waals surface area contributed by atoms with E-state index in [4.69, 9.17) is 21.1 Å².